The highest BCUT2D eigenvalue weighted by molar-refractivity contribution is 9.10. The van der Waals surface area contributed by atoms with Crippen molar-refractivity contribution in [2.75, 3.05) is 13.7 Å². The van der Waals surface area contributed by atoms with Crippen LogP contribution in [0.5, 0.6) is 5.88 Å². The number of hydrogen-bond acceptors (Lipinski definition) is 6. The Hall–Kier alpha value is -2.49. The van der Waals surface area contributed by atoms with Gasteiger partial charge in [-0.1, -0.05) is 60.1 Å². The molecule has 176 valence electrons. The number of methoxy groups -OCH3 is 1. The Bertz CT molecular complexity index is 1260. The Morgan fingerprint density at radius 1 is 1.09 bits per heavy atom. The van der Waals surface area contributed by atoms with Gasteiger partial charge in [-0.3, -0.25) is 9.36 Å². The van der Waals surface area contributed by atoms with E-state index in [2.05, 4.69) is 20.9 Å². The number of sulfone groups is 1. The van der Waals surface area contributed by atoms with Crippen LogP contribution in [0.15, 0.2) is 73.7 Å². The van der Waals surface area contributed by atoms with E-state index in [9.17, 15) is 18.3 Å². The van der Waals surface area contributed by atoms with E-state index < -0.39 is 32.2 Å². The van der Waals surface area contributed by atoms with Gasteiger partial charge in [-0.05, 0) is 42.2 Å². The molecule has 0 amide bonds. The standard InChI is InChI=1S/C24H27BrN2O5S/c1-16(2)9-14-21-26-23(28)22(33(30,31)19-12-10-18(25)11-13-19)24(29)27(21)20(15-32-3)17-7-5-4-6-8-17/h4-8,10-13,16,20,28H,9,14-15H2,1-3H3/t20-/m0/s1. The summed E-state index contributed by atoms with van der Waals surface area (Å²) in [5.74, 6) is -0.157. The van der Waals surface area contributed by atoms with Crippen LogP contribution in [0.3, 0.4) is 0 Å². The summed E-state index contributed by atoms with van der Waals surface area (Å²) < 4.78 is 34.2. The molecule has 1 heterocycles. The molecule has 0 radical (unpaired) electrons. The highest BCUT2D eigenvalue weighted by atomic mass is 79.9. The summed E-state index contributed by atoms with van der Waals surface area (Å²) in [4.78, 5) is 17.1. The van der Waals surface area contributed by atoms with Gasteiger partial charge in [-0.2, -0.15) is 4.98 Å². The summed E-state index contributed by atoms with van der Waals surface area (Å²) in [6.45, 7) is 4.21. The second-order valence-electron chi connectivity index (χ2n) is 8.13. The van der Waals surface area contributed by atoms with Crippen LogP contribution < -0.4 is 5.56 Å². The minimum absolute atomic E-state index is 0.107. The maximum atomic E-state index is 13.8. The minimum atomic E-state index is -4.33. The lowest BCUT2D eigenvalue weighted by Crippen LogP contribution is -2.35. The average Bonchev–Trinajstić information content (AvgIpc) is 2.77. The topological polar surface area (TPSA) is 98.5 Å². The molecule has 0 saturated heterocycles. The van der Waals surface area contributed by atoms with Crippen molar-refractivity contribution in [3.63, 3.8) is 0 Å². The molecule has 1 atom stereocenters. The lowest BCUT2D eigenvalue weighted by Gasteiger charge is -2.24. The first-order chi connectivity index (χ1) is 15.7. The Labute approximate surface area is 202 Å². The number of nitrogens with zero attached hydrogens (tertiary/aromatic N) is 2. The molecule has 0 aliphatic carbocycles. The number of rotatable bonds is 9. The molecule has 9 heteroatoms. The first kappa shape index (κ1) is 25.1. The molecule has 0 spiro atoms. The van der Waals surface area contributed by atoms with Crippen LogP contribution in [0.2, 0.25) is 0 Å². The maximum absolute atomic E-state index is 13.8. The number of aromatic nitrogens is 2. The number of ether oxygens (including phenoxy) is 1. The summed E-state index contributed by atoms with van der Waals surface area (Å²) >= 11 is 3.27. The first-order valence-corrected chi connectivity index (χ1v) is 12.8. The van der Waals surface area contributed by atoms with Crippen molar-refractivity contribution in [3.8, 4) is 5.88 Å². The summed E-state index contributed by atoms with van der Waals surface area (Å²) in [5, 5.41) is 10.7. The average molecular weight is 535 g/mol. The molecule has 1 aromatic heterocycles. The van der Waals surface area contributed by atoms with Gasteiger partial charge in [0.2, 0.25) is 15.7 Å². The van der Waals surface area contributed by atoms with Crippen LogP contribution in [0.4, 0.5) is 0 Å². The fourth-order valence-corrected chi connectivity index (χ4v) is 5.19. The van der Waals surface area contributed by atoms with Gasteiger partial charge in [-0.25, -0.2) is 8.42 Å². The first-order valence-electron chi connectivity index (χ1n) is 10.6. The molecule has 1 N–H and O–H groups in total. The Balaban J connectivity index is 2.29. The van der Waals surface area contributed by atoms with Crippen LogP contribution >= 0.6 is 15.9 Å². The molecule has 0 fully saturated rings. The van der Waals surface area contributed by atoms with E-state index in [1.807, 2.05) is 44.2 Å². The third-order valence-corrected chi connectivity index (χ3v) is 7.60. The minimum Gasteiger partial charge on any atom is -0.492 e. The van der Waals surface area contributed by atoms with Crippen LogP contribution in [-0.4, -0.2) is 36.8 Å². The van der Waals surface area contributed by atoms with Gasteiger partial charge in [0.05, 0.1) is 17.5 Å². The van der Waals surface area contributed by atoms with Crippen molar-refractivity contribution in [2.45, 2.75) is 42.5 Å². The van der Waals surface area contributed by atoms with Gasteiger partial charge in [0.1, 0.15) is 5.82 Å². The van der Waals surface area contributed by atoms with Crippen molar-refractivity contribution in [1.29, 1.82) is 0 Å². The third kappa shape index (κ3) is 5.54. The normalized spacial score (nSPS) is 12.8. The molecule has 0 saturated carbocycles. The lowest BCUT2D eigenvalue weighted by atomic mass is 10.1. The molecular weight excluding hydrogens is 508 g/mol. The molecule has 0 unspecified atom stereocenters. The van der Waals surface area contributed by atoms with Crippen LogP contribution in [0.1, 0.15) is 37.7 Å². The largest absolute Gasteiger partial charge is 0.492 e. The second kappa shape index (κ2) is 10.6. The fourth-order valence-electron chi connectivity index (χ4n) is 3.58. The third-order valence-electron chi connectivity index (χ3n) is 5.29. The molecule has 3 aromatic rings. The number of aryl methyl sites for hydroxylation is 1. The van der Waals surface area contributed by atoms with E-state index in [1.165, 1.54) is 23.8 Å². The van der Waals surface area contributed by atoms with Gasteiger partial charge in [0.15, 0.2) is 4.90 Å². The number of benzene rings is 2. The predicted octanol–water partition coefficient (Wildman–Crippen LogP) is 4.37. The summed E-state index contributed by atoms with van der Waals surface area (Å²) in [6, 6.07) is 14.5. The van der Waals surface area contributed by atoms with Crippen LogP contribution in [0.25, 0.3) is 0 Å². The number of hydrogen-bond donors (Lipinski definition) is 1. The molecule has 3 rings (SSSR count). The van der Waals surface area contributed by atoms with Crippen molar-refractivity contribution < 1.29 is 18.3 Å². The zero-order valence-corrected chi connectivity index (χ0v) is 21.1. The molecule has 33 heavy (non-hydrogen) atoms. The van der Waals surface area contributed by atoms with E-state index in [0.29, 0.717) is 29.1 Å². The van der Waals surface area contributed by atoms with E-state index >= 15 is 0 Å². The molecule has 7 nitrogen and oxygen atoms in total. The molecular formula is C24H27BrN2O5S. The molecule has 0 bridgehead atoms. The van der Waals surface area contributed by atoms with E-state index in [4.69, 9.17) is 4.74 Å². The van der Waals surface area contributed by atoms with E-state index in [1.54, 1.807) is 12.1 Å². The van der Waals surface area contributed by atoms with Crippen molar-refractivity contribution in [3.05, 3.63) is 80.8 Å². The Morgan fingerprint density at radius 2 is 1.73 bits per heavy atom. The SMILES string of the molecule is COC[C@@H](c1ccccc1)n1c(CCC(C)C)nc(O)c(S(=O)(=O)c2ccc(Br)cc2)c1=O. The predicted molar refractivity (Wildman–Crippen MR) is 129 cm³/mol. The van der Waals surface area contributed by atoms with Crippen molar-refractivity contribution in [2.24, 2.45) is 5.92 Å². The lowest BCUT2D eigenvalue weighted by molar-refractivity contribution is 0.165. The van der Waals surface area contributed by atoms with Gasteiger partial charge >= 0.3 is 0 Å². The quantitative estimate of drug-likeness (QED) is 0.437. The van der Waals surface area contributed by atoms with E-state index in [0.717, 1.165) is 5.56 Å². The second-order valence-corrected chi connectivity index (χ2v) is 10.9. The smallest absolute Gasteiger partial charge is 0.277 e. The zero-order chi connectivity index (χ0) is 24.2. The van der Waals surface area contributed by atoms with E-state index in [-0.39, 0.29) is 11.5 Å². The molecule has 0 aliphatic rings. The highest BCUT2D eigenvalue weighted by Gasteiger charge is 2.32. The molecule has 2 aromatic carbocycles. The van der Waals surface area contributed by atoms with Crippen molar-refractivity contribution in [1.82, 2.24) is 9.55 Å². The van der Waals surface area contributed by atoms with Gasteiger partial charge in [0, 0.05) is 18.0 Å². The zero-order valence-electron chi connectivity index (χ0n) is 18.7. The monoisotopic (exact) mass is 534 g/mol. The van der Waals surface area contributed by atoms with Crippen molar-refractivity contribution >= 4 is 25.8 Å². The summed E-state index contributed by atoms with van der Waals surface area (Å²) in [6.07, 6.45) is 1.10. The van der Waals surface area contributed by atoms with Gasteiger partial charge in [0.25, 0.3) is 5.56 Å². The van der Waals surface area contributed by atoms with Gasteiger partial charge < -0.3 is 9.84 Å². The maximum Gasteiger partial charge on any atom is 0.277 e. The summed E-state index contributed by atoms with van der Waals surface area (Å²) in [5.41, 5.74) is -0.0539. The van der Waals surface area contributed by atoms with Gasteiger partial charge in [-0.15, -0.1) is 0 Å². The van der Waals surface area contributed by atoms with Crippen LogP contribution in [0, 0.1) is 5.92 Å². The number of aromatic hydroxyl groups is 1. The fraction of sp³-hybridized carbons (Fsp3) is 0.333. The highest BCUT2D eigenvalue weighted by Crippen LogP contribution is 2.28. The summed E-state index contributed by atoms with van der Waals surface area (Å²) in [7, 11) is -2.81. The van der Waals surface area contributed by atoms with Crippen LogP contribution in [-0.2, 0) is 21.0 Å². The molecule has 0 aliphatic heterocycles. The Morgan fingerprint density at radius 3 is 2.30 bits per heavy atom. The Kier molecular flexibility index (Phi) is 8.10. The number of halogens is 1.